The van der Waals surface area contributed by atoms with Crippen molar-refractivity contribution in [3.63, 3.8) is 0 Å². The Bertz CT molecular complexity index is 245. The Labute approximate surface area is 113 Å². The molecule has 1 saturated heterocycles. The summed E-state index contributed by atoms with van der Waals surface area (Å²) in [4.78, 5) is 2.59. The lowest BCUT2D eigenvalue weighted by molar-refractivity contribution is -0.0742. The van der Waals surface area contributed by atoms with Crippen molar-refractivity contribution in [1.29, 1.82) is 0 Å². The van der Waals surface area contributed by atoms with Crippen LogP contribution in [0, 0.1) is 17.8 Å². The molecule has 0 spiro atoms. The van der Waals surface area contributed by atoms with Crippen LogP contribution in [0.25, 0.3) is 0 Å². The van der Waals surface area contributed by atoms with Gasteiger partial charge in [-0.25, -0.2) is 0 Å². The van der Waals surface area contributed by atoms with Crippen LogP contribution in [0.2, 0.25) is 0 Å². The minimum atomic E-state index is 0.108. The zero-order chi connectivity index (χ0) is 13.9. The van der Waals surface area contributed by atoms with Crippen LogP contribution in [0.4, 0.5) is 0 Å². The largest absolute Gasteiger partial charge is 0.380 e. The van der Waals surface area contributed by atoms with E-state index in [-0.39, 0.29) is 5.54 Å². The molecule has 1 aliphatic heterocycles. The molecule has 0 amide bonds. The van der Waals surface area contributed by atoms with Crippen LogP contribution >= 0.6 is 0 Å². The molecule has 0 saturated carbocycles. The van der Waals surface area contributed by atoms with E-state index in [1.165, 1.54) is 6.42 Å². The maximum Gasteiger partial charge on any atom is 0.0724 e. The van der Waals surface area contributed by atoms with Crippen LogP contribution in [0.1, 0.15) is 41.0 Å². The van der Waals surface area contributed by atoms with Gasteiger partial charge in [-0.2, -0.15) is 0 Å². The standard InChI is InChI=1S/C15H32N2O/c1-11(2)15(10-16,12(3)4)17-8-7-13(5)14(9-17)18-6/h11-14H,7-10,16H2,1-6H3. The van der Waals surface area contributed by atoms with Gasteiger partial charge in [0.15, 0.2) is 0 Å². The van der Waals surface area contributed by atoms with Crippen LogP contribution in [-0.2, 0) is 4.74 Å². The van der Waals surface area contributed by atoms with E-state index in [0.29, 0.717) is 23.9 Å². The Hall–Kier alpha value is -0.120. The summed E-state index contributed by atoms with van der Waals surface area (Å²) in [5.74, 6) is 1.78. The number of ether oxygens (including phenoxy) is 1. The summed E-state index contributed by atoms with van der Waals surface area (Å²) in [5.41, 5.74) is 6.29. The summed E-state index contributed by atoms with van der Waals surface area (Å²) in [6, 6.07) is 0. The molecule has 0 bridgehead atoms. The molecule has 0 aromatic rings. The highest BCUT2D eigenvalue weighted by Crippen LogP contribution is 2.35. The lowest BCUT2D eigenvalue weighted by atomic mass is 9.74. The van der Waals surface area contributed by atoms with E-state index in [4.69, 9.17) is 10.5 Å². The van der Waals surface area contributed by atoms with Crippen LogP contribution in [-0.4, -0.2) is 43.3 Å². The van der Waals surface area contributed by atoms with E-state index in [1.807, 2.05) is 7.11 Å². The number of hydrogen-bond donors (Lipinski definition) is 1. The van der Waals surface area contributed by atoms with Gasteiger partial charge in [-0.05, 0) is 30.7 Å². The molecular weight excluding hydrogens is 224 g/mol. The second-order valence-corrected chi connectivity index (χ2v) is 6.49. The number of piperidine rings is 1. The van der Waals surface area contributed by atoms with Gasteiger partial charge >= 0.3 is 0 Å². The fourth-order valence-corrected chi connectivity index (χ4v) is 3.72. The highest BCUT2D eigenvalue weighted by Gasteiger charge is 2.44. The molecule has 2 atom stereocenters. The van der Waals surface area contributed by atoms with Gasteiger partial charge in [0.1, 0.15) is 0 Å². The topological polar surface area (TPSA) is 38.5 Å². The number of likely N-dealkylation sites (tertiary alicyclic amines) is 1. The normalized spacial score (nSPS) is 27.2. The molecule has 0 aromatic carbocycles. The number of nitrogens with zero attached hydrogens (tertiary/aromatic N) is 1. The first-order chi connectivity index (χ1) is 8.40. The summed E-state index contributed by atoms with van der Waals surface area (Å²) in [6.45, 7) is 14.4. The predicted octanol–water partition coefficient (Wildman–Crippen LogP) is 2.35. The van der Waals surface area contributed by atoms with Gasteiger partial charge in [0.05, 0.1) is 6.10 Å². The SMILES string of the molecule is COC1CN(C(CN)(C(C)C)C(C)C)CCC1C. The number of methoxy groups -OCH3 is 1. The Morgan fingerprint density at radius 2 is 1.83 bits per heavy atom. The summed E-state index contributed by atoms with van der Waals surface area (Å²) in [6.07, 6.45) is 1.56. The smallest absolute Gasteiger partial charge is 0.0724 e. The maximum absolute atomic E-state index is 6.18. The van der Waals surface area contributed by atoms with E-state index in [0.717, 1.165) is 19.6 Å². The highest BCUT2D eigenvalue weighted by atomic mass is 16.5. The van der Waals surface area contributed by atoms with Crippen LogP contribution in [0.3, 0.4) is 0 Å². The molecule has 3 heteroatoms. The monoisotopic (exact) mass is 256 g/mol. The third-order valence-corrected chi connectivity index (χ3v) is 5.11. The molecule has 3 nitrogen and oxygen atoms in total. The van der Waals surface area contributed by atoms with Crippen LogP contribution in [0.5, 0.6) is 0 Å². The Kier molecular flexibility index (Phi) is 5.63. The van der Waals surface area contributed by atoms with Gasteiger partial charge in [0.25, 0.3) is 0 Å². The summed E-state index contributed by atoms with van der Waals surface area (Å²) >= 11 is 0. The molecular formula is C15H32N2O. The minimum Gasteiger partial charge on any atom is -0.380 e. The molecule has 0 aliphatic carbocycles. The van der Waals surface area contributed by atoms with Gasteiger partial charge in [-0.3, -0.25) is 4.90 Å². The van der Waals surface area contributed by atoms with Crippen molar-refractivity contribution in [3.8, 4) is 0 Å². The van der Waals surface area contributed by atoms with Crippen molar-refractivity contribution in [1.82, 2.24) is 4.90 Å². The van der Waals surface area contributed by atoms with Crippen molar-refractivity contribution >= 4 is 0 Å². The average molecular weight is 256 g/mol. The first-order valence-corrected chi connectivity index (χ1v) is 7.38. The summed E-state index contributed by atoms with van der Waals surface area (Å²) in [5, 5.41) is 0. The predicted molar refractivity (Wildman–Crippen MR) is 77.6 cm³/mol. The zero-order valence-corrected chi connectivity index (χ0v) is 13.1. The molecule has 0 radical (unpaired) electrons. The molecule has 2 N–H and O–H groups in total. The van der Waals surface area contributed by atoms with E-state index in [9.17, 15) is 0 Å². The van der Waals surface area contributed by atoms with Crippen molar-refractivity contribution in [2.75, 3.05) is 26.7 Å². The van der Waals surface area contributed by atoms with Crippen molar-refractivity contribution in [2.24, 2.45) is 23.5 Å². The lowest BCUT2D eigenvalue weighted by Gasteiger charge is -2.53. The Morgan fingerprint density at radius 3 is 2.22 bits per heavy atom. The highest BCUT2D eigenvalue weighted by molar-refractivity contribution is 4.99. The van der Waals surface area contributed by atoms with E-state index >= 15 is 0 Å². The van der Waals surface area contributed by atoms with E-state index in [2.05, 4.69) is 39.5 Å². The first kappa shape index (κ1) is 15.9. The zero-order valence-electron chi connectivity index (χ0n) is 13.1. The molecule has 0 aromatic heterocycles. The van der Waals surface area contributed by atoms with E-state index < -0.39 is 0 Å². The van der Waals surface area contributed by atoms with Gasteiger partial charge in [0, 0.05) is 25.7 Å². The minimum absolute atomic E-state index is 0.108. The third-order valence-electron chi connectivity index (χ3n) is 5.11. The van der Waals surface area contributed by atoms with Gasteiger partial charge in [-0.15, -0.1) is 0 Å². The average Bonchev–Trinajstić information content (AvgIpc) is 2.31. The second kappa shape index (κ2) is 6.36. The first-order valence-electron chi connectivity index (χ1n) is 7.38. The molecule has 1 heterocycles. The summed E-state index contributed by atoms with van der Waals surface area (Å²) < 4.78 is 5.65. The fraction of sp³-hybridized carbons (Fsp3) is 1.00. The van der Waals surface area contributed by atoms with Gasteiger partial charge in [0.2, 0.25) is 0 Å². The van der Waals surface area contributed by atoms with Crippen molar-refractivity contribution < 1.29 is 4.74 Å². The number of rotatable bonds is 5. The summed E-state index contributed by atoms with van der Waals surface area (Å²) in [7, 11) is 1.83. The van der Waals surface area contributed by atoms with Crippen LogP contribution < -0.4 is 5.73 Å². The third kappa shape index (κ3) is 2.73. The van der Waals surface area contributed by atoms with Gasteiger partial charge in [-0.1, -0.05) is 34.6 Å². The molecule has 108 valence electrons. The fourth-order valence-electron chi connectivity index (χ4n) is 3.72. The van der Waals surface area contributed by atoms with E-state index in [1.54, 1.807) is 0 Å². The molecule has 1 aliphatic rings. The molecule has 18 heavy (non-hydrogen) atoms. The lowest BCUT2D eigenvalue weighted by Crippen LogP contribution is -2.64. The Balaban J connectivity index is 2.93. The second-order valence-electron chi connectivity index (χ2n) is 6.49. The molecule has 1 fully saturated rings. The number of hydrogen-bond acceptors (Lipinski definition) is 3. The molecule has 2 unspecified atom stereocenters. The van der Waals surface area contributed by atoms with Crippen molar-refractivity contribution in [3.05, 3.63) is 0 Å². The van der Waals surface area contributed by atoms with Crippen LogP contribution in [0.15, 0.2) is 0 Å². The molecule has 1 rings (SSSR count). The quantitative estimate of drug-likeness (QED) is 0.820. The van der Waals surface area contributed by atoms with Crippen molar-refractivity contribution in [2.45, 2.75) is 52.7 Å². The number of nitrogens with two attached hydrogens (primary N) is 1. The Morgan fingerprint density at radius 1 is 1.28 bits per heavy atom. The maximum atomic E-state index is 6.18. The van der Waals surface area contributed by atoms with Gasteiger partial charge < -0.3 is 10.5 Å².